The lowest BCUT2D eigenvalue weighted by molar-refractivity contribution is -0.383. The van der Waals surface area contributed by atoms with Gasteiger partial charge in [0.15, 0.2) is 0 Å². The van der Waals surface area contributed by atoms with Crippen LogP contribution in [-0.2, 0) is 0 Å². The molecule has 0 bridgehead atoms. The fourth-order valence-electron chi connectivity index (χ4n) is 2.82. The lowest BCUT2D eigenvalue weighted by Crippen LogP contribution is -2.37. The molecule has 1 aromatic rings. The van der Waals surface area contributed by atoms with Gasteiger partial charge in [-0.05, 0) is 25.0 Å². The molecule has 3 N–H and O–H groups in total. The molecular formula is C13H16N4O2. The molecule has 1 aliphatic heterocycles. The normalized spacial score (nSPS) is 25.4. The Morgan fingerprint density at radius 3 is 2.89 bits per heavy atom. The number of rotatable bonds is 2. The van der Waals surface area contributed by atoms with E-state index in [-0.39, 0.29) is 11.4 Å². The maximum atomic E-state index is 10.9. The fourth-order valence-corrected chi connectivity index (χ4v) is 2.82. The van der Waals surface area contributed by atoms with Gasteiger partial charge >= 0.3 is 0 Å². The molecule has 6 nitrogen and oxygen atoms in total. The Morgan fingerprint density at radius 2 is 2.16 bits per heavy atom. The van der Waals surface area contributed by atoms with Crippen molar-refractivity contribution in [2.75, 3.05) is 5.73 Å². The first kappa shape index (κ1) is 12.0. The standard InChI is InChI=1S/C13H16N4O2/c14-9-6-5-8(7-12(9)17(18)19)13-15-10-3-1-2-4-11(10)16-13/h5-7,10-11H,1-4,14H2,(H,15,16)/t10-,11-/m1/s1. The highest BCUT2D eigenvalue weighted by atomic mass is 16.6. The molecule has 3 rings (SSSR count). The molecule has 0 aromatic heterocycles. The van der Waals surface area contributed by atoms with E-state index in [0.717, 1.165) is 24.2 Å². The summed E-state index contributed by atoms with van der Waals surface area (Å²) in [7, 11) is 0. The van der Waals surface area contributed by atoms with Gasteiger partial charge in [0.2, 0.25) is 0 Å². The van der Waals surface area contributed by atoms with Crippen LogP contribution in [0.25, 0.3) is 0 Å². The molecule has 1 fully saturated rings. The molecule has 6 heteroatoms. The molecule has 1 aromatic carbocycles. The predicted octanol–water partition coefficient (Wildman–Crippen LogP) is 1.84. The fraction of sp³-hybridized carbons (Fsp3) is 0.462. The van der Waals surface area contributed by atoms with Crippen molar-refractivity contribution in [3.05, 3.63) is 33.9 Å². The summed E-state index contributed by atoms with van der Waals surface area (Å²) in [6.07, 6.45) is 4.65. The molecule has 100 valence electrons. The number of hydrogen-bond donors (Lipinski definition) is 2. The van der Waals surface area contributed by atoms with Crippen molar-refractivity contribution in [2.24, 2.45) is 4.99 Å². The maximum Gasteiger partial charge on any atom is 0.292 e. The zero-order valence-corrected chi connectivity index (χ0v) is 10.5. The number of anilines is 1. The molecular weight excluding hydrogens is 244 g/mol. The Labute approximate surface area is 110 Å². The highest BCUT2D eigenvalue weighted by molar-refractivity contribution is 6.01. The van der Waals surface area contributed by atoms with E-state index in [0.29, 0.717) is 12.1 Å². The lowest BCUT2D eigenvalue weighted by atomic mass is 9.92. The Hall–Kier alpha value is -2.11. The predicted molar refractivity (Wildman–Crippen MR) is 73.2 cm³/mol. The monoisotopic (exact) mass is 260 g/mol. The number of nitrogen functional groups attached to an aromatic ring is 1. The first-order valence-corrected chi connectivity index (χ1v) is 6.54. The van der Waals surface area contributed by atoms with Crippen LogP contribution in [0.1, 0.15) is 31.2 Å². The van der Waals surface area contributed by atoms with E-state index >= 15 is 0 Å². The molecule has 0 saturated heterocycles. The van der Waals surface area contributed by atoms with Crippen LogP contribution in [0.4, 0.5) is 11.4 Å². The molecule has 1 saturated carbocycles. The maximum absolute atomic E-state index is 10.9. The number of amidine groups is 1. The smallest absolute Gasteiger partial charge is 0.292 e. The molecule has 0 unspecified atom stereocenters. The summed E-state index contributed by atoms with van der Waals surface area (Å²) in [5.74, 6) is 0.764. The first-order chi connectivity index (χ1) is 9.15. The van der Waals surface area contributed by atoms with E-state index < -0.39 is 4.92 Å². The van der Waals surface area contributed by atoms with Gasteiger partial charge in [-0.2, -0.15) is 0 Å². The molecule has 1 aliphatic carbocycles. The van der Waals surface area contributed by atoms with E-state index in [1.54, 1.807) is 12.1 Å². The highest BCUT2D eigenvalue weighted by Gasteiger charge is 2.31. The minimum atomic E-state index is -0.457. The van der Waals surface area contributed by atoms with E-state index in [9.17, 15) is 10.1 Å². The van der Waals surface area contributed by atoms with Crippen molar-refractivity contribution < 1.29 is 4.92 Å². The SMILES string of the molecule is Nc1ccc(C2=N[C@@H]3CCCC[C@H]3N2)cc1[N+](=O)[O-]. The number of fused-ring (bicyclic) bond motifs is 1. The van der Waals surface area contributed by atoms with Crippen molar-refractivity contribution in [1.82, 2.24) is 5.32 Å². The summed E-state index contributed by atoms with van der Waals surface area (Å²) in [6.45, 7) is 0. The van der Waals surface area contributed by atoms with E-state index in [4.69, 9.17) is 5.73 Å². The topological polar surface area (TPSA) is 93.5 Å². The first-order valence-electron chi connectivity index (χ1n) is 6.54. The quantitative estimate of drug-likeness (QED) is 0.482. The van der Waals surface area contributed by atoms with Gasteiger partial charge in [0.1, 0.15) is 11.5 Å². The molecule has 1 heterocycles. The van der Waals surface area contributed by atoms with Crippen molar-refractivity contribution in [3.63, 3.8) is 0 Å². The van der Waals surface area contributed by atoms with E-state index in [2.05, 4.69) is 10.3 Å². The zero-order chi connectivity index (χ0) is 13.4. The van der Waals surface area contributed by atoms with Crippen LogP contribution in [0.15, 0.2) is 23.2 Å². The third kappa shape index (κ3) is 2.14. The number of nitrogens with one attached hydrogen (secondary N) is 1. The molecule has 2 atom stereocenters. The summed E-state index contributed by atoms with van der Waals surface area (Å²) in [5.41, 5.74) is 6.48. The number of benzene rings is 1. The van der Waals surface area contributed by atoms with Gasteiger partial charge in [-0.25, -0.2) is 0 Å². The van der Waals surface area contributed by atoms with Gasteiger partial charge in [0, 0.05) is 17.7 Å². The van der Waals surface area contributed by atoms with Gasteiger partial charge in [0.25, 0.3) is 5.69 Å². The molecule has 2 aliphatic rings. The molecule has 0 spiro atoms. The Kier molecular flexibility index (Phi) is 2.85. The average molecular weight is 260 g/mol. The molecule has 19 heavy (non-hydrogen) atoms. The van der Waals surface area contributed by atoms with Crippen LogP contribution in [0.3, 0.4) is 0 Å². The molecule has 0 radical (unpaired) electrons. The summed E-state index contributed by atoms with van der Waals surface area (Å²) >= 11 is 0. The van der Waals surface area contributed by atoms with Crippen LogP contribution >= 0.6 is 0 Å². The summed E-state index contributed by atoms with van der Waals surface area (Å²) < 4.78 is 0. The zero-order valence-electron chi connectivity index (χ0n) is 10.5. The van der Waals surface area contributed by atoms with Gasteiger partial charge in [-0.1, -0.05) is 12.8 Å². The molecule has 0 amide bonds. The van der Waals surface area contributed by atoms with Crippen LogP contribution in [0.5, 0.6) is 0 Å². The highest BCUT2D eigenvalue weighted by Crippen LogP contribution is 2.28. The largest absolute Gasteiger partial charge is 0.393 e. The van der Waals surface area contributed by atoms with Crippen molar-refractivity contribution in [1.29, 1.82) is 0 Å². The Balaban J connectivity index is 1.91. The van der Waals surface area contributed by atoms with Gasteiger partial charge in [-0.15, -0.1) is 0 Å². The second kappa shape index (κ2) is 4.53. The second-order valence-corrected chi connectivity index (χ2v) is 5.11. The minimum Gasteiger partial charge on any atom is -0.393 e. The van der Waals surface area contributed by atoms with Crippen LogP contribution in [-0.4, -0.2) is 22.8 Å². The number of nitro groups is 1. The number of hydrogen-bond acceptors (Lipinski definition) is 5. The van der Waals surface area contributed by atoms with Crippen LogP contribution in [0.2, 0.25) is 0 Å². The Bertz CT molecular complexity index is 556. The third-order valence-corrected chi connectivity index (χ3v) is 3.85. The van der Waals surface area contributed by atoms with Crippen LogP contribution in [0, 0.1) is 10.1 Å². The number of aliphatic imine (C=N–C) groups is 1. The van der Waals surface area contributed by atoms with Crippen LogP contribution < -0.4 is 11.1 Å². The third-order valence-electron chi connectivity index (χ3n) is 3.85. The average Bonchev–Trinajstić information content (AvgIpc) is 2.82. The number of nitrogens with two attached hydrogens (primary N) is 1. The number of nitro benzene ring substituents is 1. The van der Waals surface area contributed by atoms with Gasteiger partial charge < -0.3 is 11.1 Å². The second-order valence-electron chi connectivity index (χ2n) is 5.11. The van der Waals surface area contributed by atoms with Crippen molar-refractivity contribution >= 4 is 17.2 Å². The summed E-state index contributed by atoms with van der Waals surface area (Å²) in [4.78, 5) is 15.1. The van der Waals surface area contributed by atoms with Crippen molar-refractivity contribution in [2.45, 2.75) is 37.8 Å². The van der Waals surface area contributed by atoms with E-state index in [1.165, 1.54) is 18.9 Å². The summed E-state index contributed by atoms with van der Waals surface area (Å²) in [5, 5.41) is 14.3. The Morgan fingerprint density at radius 1 is 1.37 bits per heavy atom. The van der Waals surface area contributed by atoms with E-state index in [1.807, 2.05) is 0 Å². The number of nitrogens with zero attached hydrogens (tertiary/aromatic N) is 2. The minimum absolute atomic E-state index is 0.0585. The summed E-state index contributed by atoms with van der Waals surface area (Å²) in [6, 6.07) is 5.56. The van der Waals surface area contributed by atoms with Gasteiger partial charge in [0.05, 0.1) is 11.0 Å². The van der Waals surface area contributed by atoms with Crippen molar-refractivity contribution in [3.8, 4) is 0 Å². The van der Waals surface area contributed by atoms with Gasteiger partial charge in [-0.3, -0.25) is 15.1 Å². The lowest BCUT2D eigenvalue weighted by Gasteiger charge is -2.23.